The Bertz CT molecular complexity index is 671. The minimum Gasteiger partial charge on any atom is -0.475 e. The summed E-state index contributed by atoms with van der Waals surface area (Å²) >= 11 is 1.67. The summed E-state index contributed by atoms with van der Waals surface area (Å²) in [6, 6.07) is 4.07. The molecule has 11 heteroatoms. The molecular weight excluding hydrogens is 413 g/mol. The number of fused-ring (bicyclic) bond motifs is 1. The molecule has 0 aromatic carbocycles. The van der Waals surface area contributed by atoms with Crippen molar-refractivity contribution in [3.8, 4) is 0 Å². The number of aliphatic carboxylic acids is 1. The van der Waals surface area contributed by atoms with Crippen LogP contribution in [0, 0.1) is 5.41 Å². The van der Waals surface area contributed by atoms with E-state index in [0.29, 0.717) is 19.8 Å². The minimum absolute atomic E-state index is 0.0645. The predicted octanol–water partition coefficient (Wildman–Crippen LogP) is 2.12. The number of ether oxygens (including phenoxy) is 2. The molecule has 29 heavy (non-hydrogen) atoms. The molecule has 2 aliphatic heterocycles. The lowest BCUT2D eigenvalue weighted by Gasteiger charge is -2.42. The van der Waals surface area contributed by atoms with Gasteiger partial charge in [0.1, 0.15) is 0 Å². The molecule has 1 aromatic heterocycles. The third-order valence-corrected chi connectivity index (χ3v) is 5.88. The van der Waals surface area contributed by atoms with Crippen LogP contribution in [0.1, 0.15) is 17.7 Å². The topological polar surface area (TPSA) is 88.1 Å². The molecule has 1 amide bonds. The molecule has 0 saturated carbocycles. The number of nitrogens with zero attached hydrogens (tertiary/aromatic N) is 1. The van der Waals surface area contributed by atoms with Gasteiger partial charge < -0.3 is 19.9 Å². The van der Waals surface area contributed by atoms with Gasteiger partial charge >= 0.3 is 12.1 Å². The lowest BCUT2D eigenvalue weighted by atomic mass is 9.75. The summed E-state index contributed by atoms with van der Waals surface area (Å²) < 4.78 is 42.8. The average molecular weight is 438 g/mol. The highest BCUT2D eigenvalue weighted by atomic mass is 32.1. The number of halogens is 3. The van der Waals surface area contributed by atoms with Gasteiger partial charge in [0, 0.05) is 38.2 Å². The minimum atomic E-state index is -5.08. The first-order valence-corrected chi connectivity index (χ1v) is 10.0. The van der Waals surface area contributed by atoms with Crippen LogP contribution in [0.4, 0.5) is 13.2 Å². The summed E-state index contributed by atoms with van der Waals surface area (Å²) in [5.74, 6) is -2.61. The van der Waals surface area contributed by atoms with Gasteiger partial charge in [-0.25, -0.2) is 4.79 Å². The van der Waals surface area contributed by atoms with E-state index < -0.39 is 12.1 Å². The van der Waals surface area contributed by atoms with Gasteiger partial charge in [0.15, 0.2) is 0 Å². The number of hydrogen-bond donors (Lipinski definition) is 2. The number of carboxylic acid groups (broad SMARTS) is 1. The number of carbonyl (C=O) groups is 2. The van der Waals surface area contributed by atoms with Crippen molar-refractivity contribution >= 4 is 23.2 Å². The first-order chi connectivity index (χ1) is 13.7. The Morgan fingerprint density at radius 3 is 2.79 bits per heavy atom. The van der Waals surface area contributed by atoms with Crippen LogP contribution in [-0.2, 0) is 25.6 Å². The fourth-order valence-corrected chi connectivity index (χ4v) is 4.17. The van der Waals surface area contributed by atoms with Crippen molar-refractivity contribution in [2.24, 2.45) is 5.41 Å². The van der Waals surface area contributed by atoms with E-state index in [0.717, 1.165) is 32.5 Å². The van der Waals surface area contributed by atoms with Crippen molar-refractivity contribution in [2.45, 2.75) is 31.7 Å². The molecule has 2 fully saturated rings. The van der Waals surface area contributed by atoms with Crippen molar-refractivity contribution in [1.29, 1.82) is 0 Å². The fraction of sp³-hybridized carbons (Fsp3) is 0.667. The molecule has 2 aliphatic rings. The summed E-state index contributed by atoms with van der Waals surface area (Å²) in [4.78, 5) is 25.3. The maximum absolute atomic E-state index is 12.9. The maximum atomic E-state index is 12.9. The van der Waals surface area contributed by atoms with E-state index in [9.17, 15) is 18.0 Å². The van der Waals surface area contributed by atoms with Crippen LogP contribution in [0.3, 0.4) is 0 Å². The number of alkyl halides is 3. The molecule has 3 heterocycles. The van der Waals surface area contributed by atoms with Gasteiger partial charge in [0.2, 0.25) is 5.91 Å². The highest BCUT2D eigenvalue weighted by Crippen LogP contribution is 2.41. The normalized spacial score (nSPS) is 24.3. The Kier molecular flexibility index (Phi) is 8.44. The fourth-order valence-electron chi connectivity index (χ4n) is 3.52. The third kappa shape index (κ3) is 6.39. The van der Waals surface area contributed by atoms with E-state index in [1.165, 1.54) is 4.88 Å². The van der Waals surface area contributed by atoms with Crippen LogP contribution in [0.25, 0.3) is 0 Å². The van der Waals surface area contributed by atoms with E-state index in [4.69, 9.17) is 19.4 Å². The smallest absolute Gasteiger partial charge is 0.475 e. The number of carbonyl (C=O) groups excluding carboxylic acids is 1. The van der Waals surface area contributed by atoms with E-state index >= 15 is 0 Å². The maximum Gasteiger partial charge on any atom is 0.490 e. The molecule has 2 saturated heterocycles. The van der Waals surface area contributed by atoms with E-state index in [1.54, 1.807) is 18.4 Å². The highest BCUT2D eigenvalue weighted by molar-refractivity contribution is 7.09. The summed E-state index contributed by atoms with van der Waals surface area (Å²) in [6.45, 7) is 4.64. The number of rotatable bonds is 6. The Balaban J connectivity index is 0.000000370. The van der Waals surface area contributed by atoms with Gasteiger partial charge in [-0.3, -0.25) is 9.69 Å². The predicted molar refractivity (Wildman–Crippen MR) is 99.6 cm³/mol. The van der Waals surface area contributed by atoms with E-state index in [1.807, 2.05) is 11.4 Å². The Morgan fingerprint density at radius 1 is 1.48 bits per heavy atom. The van der Waals surface area contributed by atoms with Gasteiger partial charge in [-0.15, -0.1) is 11.3 Å². The Morgan fingerprint density at radius 2 is 2.21 bits per heavy atom. The van der Waals surface area contributed by atoms with Crippen LogP contribution in [0.5, 0.6) is 0 Å². The van der Waals surface area contributed by atoms with Gasteiger partial charge in [0.25, 0.3) is 0 Å². The average Bonchev–Trinajstić information content (AvgIpc) is 3.33. The molecule has 0 unspecified atom stereocenters. The zero-order valence-electron chi connectivity index (χ0n) is 16.0. The molecule has 0 radical (unpaired) electrons. The van der Waals surface area contributed by atoms with Gasteiger partial charge in [-0.05, 0) is 24.3 Å². The summed E-state index contributed by atoms with van der Waals surface area (Å²) in [7, 11) is 1.72. The summed E-state index contributed by atoms with van der Waals surface area (Å²) in [5, 5.41) is 12.3. The molecule has 0 spiro atoms. The highest BCUT2D eigenvalue weighted by Gasteiger charge is 2.52. The molecule has 164 valence electrons. The second-order valence-electron chi connectivity index (χ2n) is 6.89. The molecule has 1 aromatic rings. The second-order valence-corrected chi connectivity index (χ2v) is 7.92. The Labute approximate surface area is 170 Å². The monoisotopic (exact) mass is 438 g/mol. The number of likely N-dealkylation sites (tertiary alicyclic amines) is 1. The van der Waals surface area contributed by atoms with Gasteiger partial charge in [-0.1, -0.05) is 6.07 Å². The van der Waals surface area contributed by atoms with Crippen LogP contribution >= 0.6 is 11.3 Å². The lowest BCUT2D eigenvalue weighted by Crippen LogP contribution is -2.57. The van der Waals surface area contributed by atoms with Crippen LogP contribution in [0.2, 0.25) is 0 Å². The SMILES string of the molecule is COCCN1CC[C@H]2OCC[C@@]2(C(=O)NCc2cccs2)C1.O=C(O)C(F)(F)F. The molecule has 0 aliphatic carbocycles. The number of carboxylic acids is 1. The molecular formula is C18H25F3N2O5S. The number of thiophene rings is 1. The zero-order chi connectivity index (χ0) is 21.5. The first-order valence-electron chi connectivity index (χ1n) is 9.13. The standard InChI is InChI=1S/C16H24N2O3S.C2HF3O2/c1-20-9-7-18-6-4-14-16(12-18,5-8-21-14)15(19)17-11-13-3-2-10-22-13;3-2(4,5)1(6)7/h2-3,10,14H,4-9,11-12H2,1H3,(H,17,19);(H,6,7)/t14-,16-;/m1./s1. The van der Waals surface area contributed by atoms with Crippen molar-refractivity contribution in [3.63, 3.8) is 0 Å². The summed E-state index contributed by atoms with van der Waals surface area (Å²) in [5.41, 5.74) is -0.386. The number of methoxy groups -OCH3 is 1. The van der Waals surface area contributed by atoms with Crippen molar-refractivity contribution < 1.29 is 37.3 Å². The number of amides is 1. The van der Waals surface area contributed by atoms with Crippen molar-refractivity contribution in [3.05, 3.63) is 22.4 Å². The van der Waals surface area contributed by atoms with E-state index in [-0.39, 0.29) is 17.4 Å². The molecule has 3 rings (SSSR count). The zero-order valence-corrected chi connectivity index (χ0v) is 16.9. The van der Waals surface area contributed by atoms with Crippen LogP contribution in [0.15, 0.2) is 17.5 Å². The van der Waals surface area contributed by atoms with Gasteiger partial charge in [-0.2, -0.15) is 13.2 Å². The van der Waals surface area contributed by atoms with Gasteiger partial charge in [0.05, 0.1) is 24.7 Å². The quantitative estimate of drug-likeness (QED) is 0.708. The Hall–Kier alpha value is -1.69. The van der Waals surface area contributed by atoms with Crippen LogP contribution < -0.4 is 5.32 Å². The van der Waals surface area contributed by atoms with Crippen LogP contribution in [-0.4, -0.2) is 74.1 Å². The summed E-state index contributed by atoms with van der Waals surface area (Å²) in [6.07, 6.45) is -3.28. The third-order valence-electron chi connectivity index (χ3n) is 5.01. The largest absolute Gasteiger partial charge is 0.490 e. The first kappa shape index (κ1) is 23.6. The number of nitrogens with one attached hydrogen (secondary N) is 1. The number of hydrogen-bond acceptors (Lipinski definition) is 6. The second kappa shape index (κ2) is 10.4. The van der Waals surface area contributed by atoms with E-state index in [2.05, 4.69) is 16.3 Å². The van der Waals surface area contributed by atoms with Crippen molar-refractivity contribution in [1.82, 2.24) is 10.2 Å². The van der Waals surface area contributed by atoms with Crippen molar-refractivity contribution in [2.75, 3.05) is 40.0 Å². The number of piperidine rings is 1. The molecule has 2 N–H and O–H groups in total. The molecule has 0 bridgehead atoms. The lowest BCUT2D eigenvalue weighted by molar-refractivity contribution is -0.192. The molecule has 2 atom stereocenters. The molecule has 7 nitrogen and oxygen atoms in total.